The van der Waals surface area contributed by atoms with E-state index in [4.69, 9.17) is 4.42 Å². The van der Waals surface area contributed by atoms with Gasteiger partial charge < -0.3 is 15.1 Å². The molecule has 0 spiro atoms. The molecule has 0 saturated heterocycles. The van der Waals surface area contributed by atoms with Gasteiger partial charge in [-0.15, -0.1) is 0 Å². The molecule has 0 radical (unpaired) electrons. The molecule has 2 rings (SSSR count). The normalized spacial score (nSPS) is 11.6. The molecule has 0 aliphatic heterocycles. The molecule has 1 aromatic heterocycles. The summed E-state index contributed by atoms with van der Waals surface area (Å²) in [5, 5.41) is 5.62. The Bertz CT molecular complexity index is 626. The van der Waals surface area contributed by atoms with Crippen molar-refractivity contribution in [2.75, 3.05) is 11.9 Å². The molecule has 0 bridgehead atoms. The molecule has 0 fully saturated rings. The molecular weight excluding hydrogens is 266 g/mol. The van der Waals surface area contributed by atoms with Crippen molar-refractivity contribution in [3.8, 4) is 0 Å². The van der Waals surface area contributed by atoms with Crippen molar-refractivity contribution in [2.45, 2.75) is 46.0 Å². The molecular formula is C16H23N3O2. The van der Waals surface area contributed by atoms with E-state index in [0.717, 1.165) is 23.9 Å². The fraction of sp³-hybridized carbons (Fsp3) is 0.500. The van der Waals surface area contributed by atoms with E-state index >= 15 is 0 Å². The van der Waals surface area contributed by atoms with E-state index in [1.807, 2.05) is 18.2 Å². The molecule has 2 aromatic rings. The van der Waals surface area contributed by atoms with E-state index in [-0.39, 0.29) is 11.4 Å². The van der Waals surface area contributed by atoms with Crippen LogP contribution < -0.4 is 10.6 Å². The Kier molecular flexibility index (Phi) is 4.50. The number of benzene rings is 1. The van der Waals surface area contributed by atoms with Crippen LogP contribution in [0.15, 0.2) is 22.6 Å². The number of rotatable bonds is 4. The molecule has 0 aliphatic rings. The Labute approximate surface area is 125 Å². The van der Waals surface area contributed by atoms with Crippen molar-refractivity contribution < 1.29 is 9.21 Å². The first-order chi connectivity index (χ1) is 9.90. The minimum Gasteiger partial charge on any atom is -0.440 e. The number of nitrogens with zero attached hydrogens (tertiary/aromatic N) is 1. The smallest absolute Gasteiger partial charge is 0.319 e. The second-order valence-electron chi connectivity index (χ2n) is 6.19. The molecule has 0 saturated carbocycles. The Balaban J connectivity index is 2.10. The topological polar surface area (TPSA) is 67.2 Å². The number of oxazole rings is 1. The highest BCUT2D eigenvalue weighted by atomic mass is 16.3. The molecule has 1 aromatic carbocycles. The van der Waals surface area contributed by atoms with Crippen LogP contribution in [0.1, 0.15) is 46.4 Å². The van der Waals surface area contributed by atoms with Gasteiger partial charge in [0.2, 0.25) is 5.89 Å². The number of amides is 2. The molecule has 0 unspecified atom stereocenters. The highest BCUT2D eigenvalue weighted by Gasteiger charge is 2.21. The van der Waals surface area contributed by atoms with E-state index in [1.54, 1.807) is 0 Å². The lowest BCUT2D eigenvalue weighted by molar-refractivity contribution is 0.252. The summed E-state index contributed by atoms with van der Waals surface area (Å²) < 4.78 is 5.73. The van der Waals surface area contributed by atoms with Crippen LogP contribution in [0.3, 0.4) is 0 Å². The van der Waals surface area contributed by atoms with Gasteiger partial charge in [-0.1, -0.05) is 34.1 Å². The second-order valence-corrected chi connectivity index (χ2v) is 6.19. The lowest BCUT2D eigenvalue weighted by atomic mass is 9.97. The van der Waals surface area contributed by atoms with E-state index in [2.05, 4.69) is 43.3 Å². The summed E-state index contributed by atoms with van der Waals surface area (Å²) in [5.41, 5.74) is 2.07. The first kappa shape index (κ1) is 15.4. The number of carbonyl (C=O) groups is 1. The number of urea groups is 1. The van der Waals surface area contributed by atoms with Crippen molar-refractivity contribution in [3.05, 3.63) is 24.1 Å². The fourth-order valence-corrected chi connectivity index (χ4v) is 1.88. The van der Waals surface area contributed by atoms with E-state index in [9.17, 15) is 4.79 Å². The monoisotopic (exact) mass is 289 g/mol. The first-order valence-electron chi connectivity index (χ1n) is 7.36. The molecule has 5 heteroatoms. The van der Waals surface area contributed by atoms with E-state index < -0.39 is 0 Å². The van der Waals surface area contributed by atoms with Gasteiger partial charge in [-0.05, 0) is 24.6 Å². The van der Waals surface area contributed by atoms with Gasteiger partial charge in [-0.3, -0.25) is 0 Å². The van der Waals surface area contributed by atoms with Gasteiger partial charge in [0.05, 0.1) is 0 Å². The third-order valence-electron chi connectivity index (χ3n) is 3.10. The van der Waals surface area contributed by atoms with Crippen LogP contribution in [0.4, 0.5) is 10.5 Å². The highest BCUT2D eigenvalue weighted by molar-refractivity contribution is 5.91. The van der Waals surface area contributed by atoms with Gasteiger partial charge in [-0.25, -0.2) is 9.78 Å². The molecule has 0 atom stereocenters. The van der Waals surface area contributed by atoms with Gasteiger partial charge in [0.1, 0.15) is 5.52 Å². The van der Waals surface area contributed by atoms with Gasteiger partial charge >= 0.3 is 6.03 Å². The molecule has 114 valence electrons. The maximum Gasteiger partial charge on any atom is 0.319 e. The molecule has 2 N–H and O–H groups in total. The average molecular weight is 289 g/mol. The largest absolute Gasteiger partial charge is 0.440 e. The van der Waals surface area contributed by atoms with Crippen LogP contribution in [0.2, 0.25) is 0 Å². The van der Waals surface area contributed by atoms with Gasteiger partial charge in [0.25, 0.3) is 0 Å². The van der Waals surface area contributed by atoms with Crippen LogP contribution >= 0.6 is 0 Å². The summed E-state index contributed by atoms with van der Waals surface area (Å²) in [6.07, 6.45) is 2.03. The first-order valence-corrected chi connectivity index (χ1v) is 7.36. The van der Waals surface area contributed by atoms with Gasteiger partial charge in [0, 0.05) is 17.6 Å². The number of nitrogens with one attached hydrogen (secondary N) is 2. The third-order valence-corrected chi connectivity index (χ3v) is 3.10. The fourth-order valence-electron chi connectivity index (χ4n) is 1.88. The van der Waals surface area contributed by atoms with Crippen molar-refractivity contribution in [3.63, 3.8) is 0 Å². The number of fused-ring (bicyclic) bond motifs is 1. The molecule has 1 heterocycles. The third kappa shape index (κ3) is 3.97. The summed E-state index contributed by atoms with van der Waals surface area (Å²) >= 11 is 0. The molecule has 21 heavy (non-hydrogen) atoms. The van der Waals surface area contributed by atoms with E-state index in [0.29, 0.717) is 18.1 Å². The van der Waals surface area contributed by atoms with Crippen LogP contribution in [0.25, 0.3) is 11.1 Å². The summed E-state index contributed by atoms with van der Waals surface area (Å²) in [4.78, 5) is 16.2. The quantitative estimate of drug-likeness (QED) is 0.834. The molecule has 0 aliphatic carbocycles. The lowest BCUT2D eigenvalue weighted by Gasteiger charge is -2.11. The van der Waals surface area contributed by atoms with Crippen molar-refractivity contribution in [1.82, 2.24) is 10.3 Å². The van der Waals surface area contributed by atoms with Gasteiger partial charge in [0.15, 0.2) is 5.58 Å². The zero-order valence-corrected chi connectivity index (χ0v) is 13.1. The van der Waals surface area contributed by atoms with Crippen LogP contribution in [-0.2, 0) is 5.41 Å². The Morgan fingerprint density at radius 1 is 1.33 bits per heavy atom. The number of unbranched alkanes of at least 4 members (excludes halogenated alkanes) is 1. The summed E-state index contributed by atoms with van der Waals surface area (Å²) in [5.74, 6) is 0.696. The predicted octanol–water partition coefficient (Wildman–Crippen LogP) is 4.05. The van der Waals surface area contributed by atoms with Gasteiger partial charge in [-0.2, -0.15) is 0 Å². The zero-order chi connectivity index (χ0) is 15.5. The highest BCUT2D eigenvalue weighted by Crippen LogP contribution is 2.27. The Morgan fingerprint density at radius 3 is 2.76 bits per heavy atom. The summed E-state index contributed by atoms with van der Waals surface area (Å²) in [6.45, 7) is 8.93. The molecule has 2 amide bonds. The van der Waals surface area contributed by atoms with Crippen molar-refractivity contribution in [2.24, 2.45) is 0 Å². The maximum absolute atomic E-state index is 11.7. The lowest BCUT2D eigenvalue weighted by Crippen LogP contribution is -2.29. The number of carbonyl (C=O) groups excluding carboxylic acids is 1. The molecule has 5 nitrogen and oxygen atoms in total. The van der Waals surface area contributed by atoms with Crippen LogP contribution in [0, 0.1) is 0 Å². The van der Waals surface area contributed by atoms with Crippen LogP contribution in [-0.4, -0.2) is 17.6 Å². The Hall–Kier alpha value is -2.04. The number of aromatic nitrogens is 1. The van der Waals surface area contributed by atoms with Crippen LogP contribution in [0.5, 0.6) is 0 Å². The minimum absolute atomic E-state index is 0.135. The summed E-state index contributed by atoms with van der Waals surface area (Å²) in [7, 11) is 0. The van der Waals surface area contributed by atoms with Crippen molar-refractivity contribution >= 4 is 22.8 Å². The predicted molar refractivity (Wildman–Crippen MR) is 84.6 cm³/mol. The maximum atomic E-state index is 11.7. The standard InChI is InChI=1S/C16H23N3O2/c1-5-6-9-17-15(20)18-11-7-8-13-12(10-11)19-14(21-13)16(2,3)4/h7-8,10H,5-6,9H2,1-4H3,(H2,17,18,20). The van der Waals surface area contributed by atoms with Crippen molar-refractivity contribution in [1.29, 1.82) is 0 Å². The number of hydrogen-bond donors (Lipinski definition) is 2. The number of hydrogen-bond acceptors (Lipinski definition) is 3. The zero-order valence-electron chi connectivity index (χ0n) is 13.1. The number of anilines is 1. The van der Waals surface area contributed by atoms with E-state index in [1.165, 1.54) is 0 Å². The average Bonchev–Trinajstić information content (AvgIpc) is 2.82. The second kappa shape index (κ2) is 6.16. The summed E-state index contributed by atoms with van der Waals surface area (Å²) in [6, 6.07) is 5.29. The minimum atomic E-state index is -0.192. The SMILES string of the molecule is CCCCNC(=O)Nc1ccc2oc(C(C)(C)C)nc2c1. The Morgan fingerprint density at radius 2 is 2.10 bits per heavy atom.